The summed E-state index contributed by atoms with van der Waals surface area (Å²) in [6.45, 7) is 1.58. The van der Waals surface area contributed by atoms with E-state index in [0.29, 0.717) is 5.57 Å². The van der Waals surface area contributed by atoms with Crippen LogP contribution in [-0.4, -0.2) is 5.11 Å². The van der Waals surface area contributed by atoms with Crippen LogP contribution in [0.1, 0.15) is 6.92 Å². The summed E-state index contributed by atoms with van der Waals surface area (Å²) < 4.78 is 0. The fourth-order valence-corrected chi connectivity index (χ4v) is 1.12. The molecule has 1 aromatic rings. The maximum absolute atomic E-state index is 10.4. The summed E-state index contributed by atoms with van der Waals surface area (Å²) in [6.07, 6.45) is 9.13. The van der Waals surface area contributed by atoms with Crippen molar-refractivity contribution in [1.29, 1.82) is 0 Å². The Labute approximate surface area is 112 Å². The fourth-order valence-electron chi connectivity index (χ4n) is 1.12. The standard InChI is InChI=1S/C9H10O2.C5H5.Fe/c1-7(9(10)11)6-8-4-2-3-5-8;1-2-4-5-3-1;/h2-6,10-11H,1H3;1-5H;/q;-1;+2/p-1. The van der Waals surface area contributed by atoms with Crippen LogP contribution in [0.15, 0.2) is 77.8 Å². The van der Waals surface area contributed by atoms with Crippen LogP contribution in [0.25, 0.3) is 0 Å². The Morgan fingerprint density at radius 1 is 1.24 bits per heavy atom. The zero-order chi connectivity index (χ0) is 11.8. The molecule has 1 aliphatic carbocycles. The van der Waals surface area contributed by atoms with E-state index in [4.69, 9.17) is 5.11 Å². The Kier molecular flexibility index (Phi) is 7.78. The van der Waals surface area contributed by atoms with Crippen LogP contribution >= 0.6 is 0 Å². The Bertz CT molecular complexity index is 388. The second-order valence-electron chi connectivity index (χ2n) is 3.31. The summed E-state index contributed by atoms with van der Waals surface area (Å²) >= 11 is 0. The third kappa shape index (κ3) is 6.56. The van der Waals surface area contributed by atoms with Gasteiger partial charge in [0.2, 0.25) is 0 Å². The van der Waals surface area contributed by atoms with E-state index >= 15 is 0 Å². The first-order valence-corrected chi connectivity index (χ1v) is 5.00. The first kappa shape index (κ1) is 15.4. The maximum Gasteiger partial charge on any atom is 2.00 e. The average molecular weight is 270 g/mol. The molecule has 0 saturated carbocycles. The maximum atomic E-state index is 10.4. The first-order chi connectivity index (χ1) is 7.70. The molecular formula is C14H14FeO2. The van der Waals surface area contributed by atoms with Crippen LogP contribution in [0.5, 0.6) is 0 Å². The van der Waals surface area contributed by atoms with Crippen LogP contribution in [0.3, 0.4) is 0 Å². The van der Waals surface area contributed by atoms with Crippen LogP contribution < -0.4 is 5.11 Å². The summed E-state index contributed by atoms with van der Waals surface area (Å²) in [6, 6.07) is 10.0. The molecule has 1 N–H and O–H groups in total. The Hall–Kier alpha value is -1.57. The van der Waals surface area contributed by atoms with Crippen LogP contribution in [0, 0.1) is 0 Å². The molecule has 1 aliphatic rings. The molecular weight excluding hydrogens is 256 g/mol. The van der Waals surface area contributed by atoms with Crippen molar-refractivity contribution in [3.63, 3.8) is 0 Å². The third-order valence-corrected chi connectivity index (χ3v) is 1.96. The van der Waals surface area contributed by atoms with Crippen LogP contribution in [0.2, 0.25) is 0 Å². The Morgan fingerprint density at radius 2 is 1.76 bits per heavy atom. The SMILES string of the molecule is CC(C=C1C=CC=C1)=C([O-])O.[Fe+2].c1cc[cH-]c1. The minimum absolute atomic E-state index is 0. The van der Waals surface area contributed by atoms with Gasteiger partial charge in [-0.15, -0.1) is 0 Å². The van der Waals surface area contributed by atoms with Crippen molar-refractivity contribution in [2.75, 3.05) is 0 Å². The van der Waals surface area contributed by atoms with Gasteiger partial charge >= 0.3 is 17.1 Å². The summed E-state index contributed by atoms with van der Waals surface area (Å²) in [7, 11) is 0. The zero-order valence-corrected chi connectivity index (χ0v) is 10.6. The molecule has 2 nitrogen and oxygen atoms in total. The summed E-state index contributed by atoms with van der Waals surface area (Å²) in [5.74, 6) is -0.869. The van der Waals surface area contributed by atoms with E-state index in [9.17, 15) is 5.11 Å². The molecule has 3 heteroatoms. The van der Waals surface area contributed by atoms with Gasteiger partial charge in [-0.05, 0) is 18.1 Å². The van der Waals surface area contributed by atoms with Crippen molar-refractivity contribution in [3.05, 3.63) is 77.8 Å². The van der Waals surface area contributed by atoms with Crippen LogP contribution in [0.4, 0.5) is 0 Å². The summed E-state index contributed by atoms with van der Waals surface area (Å²) in [5, 5.41) is 18.9. The monoisotopic (exact) mass is 270 g/mol. The van der Waals surface area contributed by atoms with E-state index in [-0.39, 0.29) is 17.1 Å². The number of hydrogen-bond donors (Lipinski definition) is 1. The van der Waals surface area contributed by atoms with Crippen molar-refractivity contribution in [3.8, 4) is 0 Å². The molecule has 0 amide bonds. The van der Waals surface area contributed by atoms with Gasteiger partial charge in [-0.1, -0.05) is 30.4 Å². The molecule has 0 spiro atoms. The van der Waals surface area contributed by atoms with Gasteiger partial charge in [0, 0.05) is 0 Å². The van der Waals surface area contributed by atoms with Crippen molar-refractivity contribution >= 4 is 0 Å². The number of hydrogen-bond acceptors (Lipinski definition) is 2. The number of rotatable bonds is 1. The molecule has 0 heterocycles. The topological polar surface area (TPSA) is 43.3 Å². The second-order valence-corrected chi connectivity index (χ2v) is 3.31. The van der Waals surface area contributed by atoms with E-state index in [1.165, 1.54) is 0 Å². The molecule has 0 aliphatic heterocycles. The van der Waals surface area contributed by atoms with Crippen LogP contribution in [-0.2, 0) is 17.1 Å². The van der Waals surface area contributed by atoms with Crippen molar-refractivity contribution in [2.45, 2.75) is 6.92 Å². The molecule has 90 valence electrons. The van der Waals surface area contributed by atoms with E-state index in [0.717, 1.165) is 5.57 Å². The molecule has 1 aromatic carbocycles. The number of allylic oxidation sites excluding steroid dienone is 7. The van der Waals surface area contributed by atoms with E-state index in [2.05, 4.69) is 0 Å². The molecule has 2 rings (SSSR count). The van der Waals surface area contributed by atoms with Crippen molar-refractivity contribution < 1.29 is 27.3 Å². The van der Waals surface area contributed by atoms with Gasteiger partial charge in [-0.2, -0.15) is 18.2 Å². The van der Waals surface area contributed by atoms with Gasteiger partial charge in [0.05, 0.1) is 5.95 Å². The molecule has 0 saturated heterocycles. The first-order valence-electron chi connectivity index (χ1n) is 5.00. The molecule has 17 heavy (non-hydrogen) atoms. The fraction of sp³-hybridized carbons (Fsp3) is 0.0714. The van der Waals surface area contributed by atoms with Gasteiger partial charge in [0.1, 0.15) is 0 Å². The number of aliphatic hydroxyl groups excluding tert-OH is 1. The van der Waals surface area contributed by atoms with Gasteiger partial charge in [-0.25, -0.2) is 12.1 Å². The minimum atomic E-state index is -0.869. The number of aliphatic hydroxyl groups is 1. The summed E-state index contributed by atoms with van der Waals surface area (Å²) in [5.41, 5.74) is 1.29. The average Bonchev–Trinajstić information content (AvgIpc) is 2.92. The van der Waals surface area contributed by atoms with E-state index < -0.39 is 5.95 Å². The predicted molar refractivity (Wildman–Crippen MR) is 63.7 cm³/mol. The predicted octanol–water partition coefficient (Wildman–Crippen LogP) is 2.59. The summed E-state index contributed by atoms with van der Waals surface area (Å²) in [4.78, 5) is 0. The minimum Gasteiger partial charge on any atom is -0.629 e. The molecule has 0 aromatic heterocycles. The Morgan fingerprint density at radius 3 is 2.12 bits per heavy atom. The van der Waals surface area contributed by atoms with Gasteiger partial charge < -0.3 is 10.2 Å². The molecule has 0 unspecified atom stereocenters. The molecule has 0 atom stereocenters. The smallest absolute Gasteiger partial charge is 0.629 e. The second kappa shape index (κ2) is 8.57. The van der Waals surface area contributed by atoms with E-state index in [1.807, 2.05) is 54.6 Å². The molecule has 0 radical (unpaired) electrons. The Balaban J connectivity index is 0.000000360. The van der Waals surface area contributed by atoms with Gasteiger partial charge in [0.25, 0.3) is 0 Å². The van der Waals surface area contributed by atoms with Gasteiger partial charge in [-0.3, -0.25) is 0 Å². The van der Waals surface area contributed by atoms with E-state index in [1.54, 1.807) is 13.0 Å². The normalized spacial score (nSPS) is 13.4. The third-order valence-electron chi connectivity index (χ3n) is 1.96. The molecule has 0 fully saturated rings. The zero-order valence-electron chi connectivity index (χ0n) is 9.48. The molecule has 0 bridgehead atoms. The largest absolute Gasteiger partial charge is 2.00 e. The van der Waals surface area contributed by atoms with Crippen molar-refractivity contribution in [1.82, 2.24) is 0 Å². The quantitative estimate of drug-likeness (QED) is 0.484. The van der Waals surface area contributed by atoms with Crippen molar-refractivity contribution in [2.24, 2.45) is 0 Å². The van der Waals surface area contributed by atoms with Gasteiger partial charge in [0.15, 0.2) is 0 Å².